The minimum atomic E-state index is -4.18. The number of methoxy groups -OCH3 is 1. The van der Waals surface area contributed by atoms with Gasteiger partial charge in [0, 0.05) is 17.3 Å². The maximum atomic E-state index is 12.5. The maximum Gasteiger partial charge on any atom is 0.312 e. The van der Waals surface area contributed by atoms with E-state index in [4.69, 9.17) is 10.5 Å². The lowest BCUT2D eigenvalue weighted by Crippen LogP contribution is -2.33. The standard InChI is InChI=1S/C16H16N4O7S/c1-27-14-6-5-12(8-13(14)20(23)24)28(25,26)19-11-4-2-3-10(7-11)16(22)18-9-15(17)21/h2-8,19H,9H2,1H3,(H2,17,21)(H,18,22). The maximum absolute atomic E-state index is 12.5. The molecule has 0 spiro atoms. The van der Waals surface area contributed by atoms with Crippen LogP contribution < -0.4 is 20.5 Å². The molecule has 12 heteroatoms. The highest BCUT2D eigenvalue weighted by atomic mass is 32.2. The zero-order valence-electron chi connectivity index (χ0n) is 14.5. The summed E-state index contributed by atoms with van der Waals surface area (Å²) in [5.41, 5.74) is 4.57. The molecule has 0 saturated heterocycles. The molecule has 0 aliphatic carbocycles. The average Bonchev–Trinajstić information content (AvgIpc) is 2.65. The molecular weight excluding hydrogens is 392 g/mol. The van der Waals surface area contributed by atoms with Gasteiger partial charge >= 0.3 is 5.69 Å². The number of anilines is 1. The van der Waals surface area contributed by atoms with Crippen LogP contribution in [0, 0.1) is 10.1 Å². The number of nitrogens with one attached hydrogen (secondary N) is 2. The number of sulfonamides is 1. The lowest BCUT2D eigenvalue weighted by molar-refractivity contribution is -0.386. The molecule has 0 saturated carbocycles. The summed E-state index contributed by atoms with van der Waals surface area (Å²) in [5.74, 6) is -1.44. The summed E-state index contributed by atoms with van der Waals surface area (Å²) in [5, 5.41) is 13.4. The molecule has 2 aromatic rings. The van der Waals surface area contributed by atoms with Crippen LogP contribution in [0.5, 0.6) is 5.75 Å². The van der Waals surface area contributed by atoms with Crippen molar-refractivity contribution in [2.75, 3.05) is 18.4 Å². The normalized spacial score (nSPS) is 10.8. The molecule has 0 aliphatic heterocycles. The first-order valence-electron chi connectivity index (χ1n) is 7.66. The first kappa shape index (κ1) is 20.6. The van der Waals surface area contributed by atoms with Crippen LogP contribution in [0.1, 0.15) is 10.4 Å². The second-order valence-corrected chi connectivity index (χ2v) is 7.11. The van der Waals surface area contributed by atoms with Gasteiger partial charge < -0.3 is 15.8 Å². The Bertz CT molecular complexity index is 1040. The molecule has 2 rings (SSSR count). The van der Waals surface area contributed by atoms with Gasteiger partial charge in [-0.2, -0.15) is 0 Å². The van der Waals surface area contributed by atoms with Crippen molar-refractivity contribution < 1.29 is 27.7 Å². The van der Waals surface area contributed by atoms with Crippen LogP contribution in [-0.2, 0) is 14.8 Å². The summed E-state index contributed by atoms with van der Waals surface area (Å²) in [6.07, 6.45) is 0. The van der Waals surface area contributed by atoms with E-state index in [1.807, 2.05) is 0 Å². The predicted molar refractivity (Wildman–Crippen MR) is 98.4 cm³/mol. The van der Waals surface area contributed by atoms with E-state index in [0.717, 1.165) is 12.1 Å². The van der Waals surface area contributed by atoms with Crippen LogP contribution in [0.15, 0.2) is 47.4 Å². The first-order valence-corrected chi connectivity index (χ1v) is 9.14. The molecule has 0 atom stereocenters. The van der Waals surface area contributed by atoms with E-state index in [0.29, 0.717) is 0 Å². The summed E-state index contributed by atoms with van der Waals surface area (Å²) >= 11 is 0. The third-order valence-electron chi connectivity index (χ3n) is 3.46. The number of carbonyl (C=O) groups is 2. The van der Waals surface area contributed by atoms with E-state index in [-0.39, 0.29) is 28.4 Å². The van der Waals surface area contributed by atoms with E-state index in [9.17, 15) is 28.1 Å². The topological polar surface area (TPSA) is 171 Å². The quantitative estimate of drug-likeness (QED) is 0.424. The van der Waals surface area contributed by atoms with Gasteiger partial charge in [-0.3, -0.25) is 24.4 Å². The fourth-order valence-electron chi connectivity index (χ4n) is 2.19. The fourth-order valence-corrected chi connectivity index (χ4v) is 3.26. The SMILES string of the molecule is COc1ccc(S(=O)(=O)Nc2cccc(C(=O)NCC(N)=O)c2)cc1[N+](=O)[O-]. The van der Waals surface area contributed by atoms with Crippen LogP contribution in [0.4, 0.5) is 11.4 Å². The van der Waals surface area contributed by atoms with Gasteiger partial charge in [-0.05, 0) is 30.3 Å². The van der Waals surface area contributed by atoms with Gasteiger partial charge in [0.2, 0.25) is 5.91 Å². The van der Waals surface area contributed by atoms with E-state index < -0.39 is 32.4 Å². The number of amides is 2. The summed E-state index contributed by atoms with van der Waals surface area (Å²) in [7, 11) is -2.95. The number of hydrogen-bond donors (Lipinski definition) is 3. The minimum absolute atomic E-state index is 0.0465. The first-order chi connectivity index (χ1) is 13.1. The molecule has 11 nitrogen and oxygen atoms in total. The van der Waals surface area contributed by atoms with E-state index >= 15 is 0 Å². The second-order valence-electron chi connectivity index (χ2n) is 5.43. The van der Waals surface area contributed by atoms with Gasteiger partial charge in [-0.25, -0.2) is 8.42 Å². The number of carbonyl (C=O) groups excluding carboxylic acids is 2. The van der Waals surface area contributed by atoms with Crippen molar-refractivity contribution in [3.05, 3.63) is 58.1 Å². The zero-order chi connectivity index (χ0) is 20.9. The zero-order valence-corrected chi connectivity index (χ0v) is 15.4. The van der Waals surface area contributed by atoms with Crippen molar-refractivity contribution in [1.29, 1.82) is 0 Å². The van der Waals surface area contributed by atoms with Crippen molar-refractivity contribution >= 4 is 33.2 Å². The Labute approximate surface area is 159 Å². The Hall–Kier alpha value is -3.67. The highest BCUT2D eigenvalue weighted by Crippen LogP contribution is 2.30. The third-order valence-corrected chi connectivity index (χ3v) is 4.84. The second kappa shape index (κ2) is 8.35. The number of hydrogen-bond acceptors (Lipinski definition) is 7. The monoisotopic (exact) mass is 408 g/mol. The highest BCUT2D eigenvalue weighted by Gasteiger charge is 2.22. The molecule has 0 bridgehead atoms. The van der Waals surface area contributed by atoms with E-state index in [2.05, 4.69) is 10.0 Å². The Kier molecular flexibility index (Phi) is 6.15. The number of nitro benzene ring substituents is 1. The van der Waals surface area contributed by atoms with Crippen LogP contribution >= 0.6 is 0 Å². The number of rotatable bonds is 8. The molecule has 4 N–H and O–H groups in total. The molecule has 0 unspecified atom stereocenters. The Morgan fingerprint density at radius 2 is 1.93 bits per heavy atom. The van der Waals surface area contributed by atoms with E-state index in [1.165, 1.54) is 37.4 Å². The lowest BCUT2D eigenvalue weighted by atomic mass is 10.2. The minimum Gasteiger partial charge on any atom is -0.490 e. The Morgan fingerprint density at radius 3 is 2.54 bits per heavy atom. The van der Waals surface area contributed by atoms with Gasteiger partial charge in [0.25, 0.3) is 15.9 Å². The van der Waals surface area contributed by atoms with Crippen LogP contribution in [0.2, 0.25) is 0 Å². The van der Waals surface area contributed by atoms with Crippen LogP contribution in [-0.4, -0.2) is 38.8 Å². The summed E-state index contributed by atoms with van der Waals surface area (Å²) in [4.78, 5) is 32.6. The molecule has 2 aromatic carbocycles. The van der Waals surface area contributed by atoms with Crippen molar-refractivity contribution in [2.24, 2.45) is 5.73 Å². The Balaban J connectivity index is 2.28. The summed E-state index contributed by atoms with van der Waals surface area (Å²) in [6.45, 7) is -0.371. The molecule has 0 aliphatic rings. The number of primary amides is 1. The third kappa shape index (κ3) is 4.94. The fraction of sp³-hybridized carbons (Fsp3) is 0.125. The van der Waals surface area contributed by atoms with Gasteiger partial charge in [0.1, 0.15) is 0 Å². The number of nitrogens with two attached hydrogens (primary N) is 1. The van der Waals surface area contributed by atoms with Crippen LogP contribution in [0.3, 0.4) is 0 Å². The highest BCUT2D eigenvalue weighted by molar-refractivity contribution is 7.92. The van der Waals surface area contributed by atoms with Gasteiger partial charge in [0.05, 0.1) is 23.5 Å². The lowest BCUT2D eigenvalue weighted by Gasteiger charge is -2.10. The van der Waals surface area contributed by atoms with Gasteiger partial charge in [-0.1, -0.05) is 6.07 Å². The summed E-state index contributed by atoms with van der Waals surface area (Å²) in [6, 6.07) is 8.65. The molecular formula is C16H16N4O7S. The Morgan fingerprint density at radius 1 is 1.21 bits per heavy atom. The van der Waals surface area contributed by atoms with Crippen molar-refractivity contribution in [2.45, 2.75) is 4.90 Å². The molecule has 2 amide bonds. The molecule has 0 fully saturated rings. The van der Waals surface area contributed by atoms with Gasteiger partial charge in [-0.15, -0.1) is 0 Å². The average molecular weight is 408 g/mol. The summed E-state index contributed by atoms with van der Waals surface area (Å²) < 4.78 is 32.1. The number of nitro groups is 1. The van der Waals surface area contributed by atoms with Crippen molar-refractivity contribution in [1.82, 2.24) is 5.32 Å². The molecule has 0 radical (unpaired) electrons. The largest absolute Gasteiger partial charge is 0.490 e. The van der Waals surface area contributed by atoms with Gasteiger partial charge in [0.15, 0.2) is 5.75 Å². The number of ether oxygens (including phenoxy) is 1. The number of benzene rings is 2. The molecule has 148 valence electrons. The van der Waals surface area contributed by atoms with Crippen molar-refractivity contribution in [3.8, 4) is 5.75 Å². The molecule has 0 heterocycles. The smallest absolute Gasteiger partial charge is 0.312 e. The number of nitrogens with zero attached hydrogens (tertiary/aromatic N) is 1. The van der Waals surface area contributed by atoms with E-state index in [1.54, 1.807) is 0 Å². The molecule has 0 aromatic heterocycles. The van der Waals surface area contributed by atoms with Crippen LogP contribution in [0.25, 0.3) is 0 Å². The van der Waals surface area contributed by atoms with Crippen molar-refractivity contribution in [3.63, 3.8) is 0 Å². The predicted octanol–water partition coefficient (Wildman–Crippen LogP) is 0.619. The molecule has 28 heavy (non-hydrogen) atoms.